The first-order chi connectivity index (χ1) is 5.52. The van der Waals surface area contributed by atoms with E-state index in [9.17, 15) is 0 Å². The topological polar surface area (TPSA) is 26.0 Å². The summed E-state index contributed by atoms with van der Waals surface area (Å²) in [5.41, 5.74) is 7.06. The highest BCUT2D eigenvalue weighted by Gasteiger charge is 2.29. The Hall–Kier alpha value is -0.300. The fourth-order valence-electron chi connectivity index (χ4n) is 1.63. The molecule has 0 heterocycles. The van der Waals surface area contributed by atoms with Crippen LogP contribution in [0.4, 0.5) is 0 Å². The van der Waals surface area contributed by atoms with Gasteiger partial charge in [-0.3, -0.25) is 0 Å². The predicted octanol–water partition coefficient (Wildman–Crippen LogP) is 2.96. The highest BCUT2D eigenvalue weighted by Crippen LogP contribution is 2.38. The summed E-state index contributed by atoms with van der Waals surface area (Å²) in [6.07, 6.45) is 2.33. The third-order valence-electron chi connectivity index (χ3n) is 3.49. The summed E-state index contributed by atoms with van der Waals surface area (Å²) in [5, 5.41) is 0. The zero-order valence-electron chi connectivity index (χ0n) is 8.98. The molecule has 0 aromatic rings. The molecule has 0 fully saturated rings. The van der Waals surface area contributed by atoms with Gasteiger partial charge < -0.3 is 5.73 Å². The van der Waals surface area contributed by atoms with Crippen LogP contribution in [-0.4, -0.2) is 6.54 Å². The Morgan fingerprint density at radius 1 is 1.50 bits per heavy atom. The van der Waals surface area contributed by atoms with Crippen LogP contribution in [0.1, 0.15) is 40.5 Å². The van der Waals surface area contributed by atoms with Crippen molar-refractivity contribution in [2.45, 2.75) is 40.5 Å². The largest absolute Gasteiger partial charge is 0.327 e. The minimum Gasteiger partial charge on any atom is -0.327 e. The Balaban J connectivity index is 4.54. The second-order valence-corrected chi connectivity index (χ2v) is 3.89. The lowest BCUT2D eigenvalue weighted by atomic mass is 9.70. The molecular formula is C11H23N. The van der Waals surface area contributed by atoms with Gasteiger partial charge in [-0.25, -0.2) is 0 Å². The molecule has 0 aromatic heterocycles. The van der Waals surface area contributed by atoms with Crippen LogP contribution in [0, 0.1) is 11.3 Å². The Morgan fingerprint density at radius 2 is 2.00 bits per heavy atom. The van der Waals surface area contributed by atoms with Gasteiger partial charge in [0.25, 0.3) is 0 Å². The molecule has 0 aromatic carbocycles. The average molecular weight is 169 g/mol. The molecule has 0 saturated heterocycles. The maximum absolute atomic E-state index is 5.63. The molecule has 0 aliphatic carbocycles. The van der Waals surface area contributed by atoms with Crippen LogP contribution in [0.25, 0.3) is 0 Å². The van der Waals surface area contributed by atoms with Gasteiger partial charge in [-0.1, -0.05) is 46.3 Å². The number of rotatable bonds is 5. The van der Waals surface area contributed by atoms with Crippen LogP contribution in [0.5, 0.6) is 0 Å². The first-order valence-electron chi connectivity index (χ1n) is 4.91. The van der Waals surface area contributed by atoms with Gasteiger partial charge in [0.05, 0.1) is 0 Å². The van der Waals surface area contributed by atoms with E-state index in [1.165, 1.54) is 12.0 Å². The van der Waals surface area contributed by atoms with E-state index < -0.39 is 0 Å². The third-order valence-corrected chi connectivity index (χ3v) is 3.49. The van der Waals surface area contributed by atoms with E-state index in [-0.39, 0.29) is 5.41 Å². The summed E-state index contributed by atoms with van der Waals surface area (Å²) in [4.78, 5) is 0. The second-order valence-electron chi connectivity index (χ2n) is 3.89. The quantitative estimate of drug-likeness (QED) is 0.629. The number of hydrogen-bond donors (Lipinski definition) is 1. The van der Waals surface area contributed by atoms with Crippen molar-refractivity contribution in [2.75, 3.05) is 6.54 Å². The van der Waals surface area contributed by atoms with Crippen LogP contribution in [-0.2, 0) is 0 Å². The Morgan fingerprint density at radius 3 is 2.25 bits per heavy atom. The van der Waals surface area contributed by atoms with E-state index in [0.717, 1.165) is 6.42 Å². The van der Waals surface area contributed by atoms with E-state index in [0.29, 0.717) is 12.5 Å². The standard InChI is InChI=1S/C11H23N/c1-6-9(3)11(5,7-2)10(4)8-12/h9H,4,6-8,12H2,1-3,5H3. The molecule has 0 saturated carbocycles. The molecule has 72 valence electrons. The molecule has 0 amide bonds. The second kappa shape index (κ2) is 4.66. The summed E-state index contributed by atoms with van der Waals surface area (Å²) < 4.78 is 0. The maximum Gasteiger partial charge on any atom is 0.0139 e. The zero-order chi connectivity index (χ0) is 9.78. The van der Waals surface area contributed by atoms with Crippen molar-refractivity contribution in [1.82, 2.24) is 0 Å². The summed E-state index contributed by atoms with van der Waals surface area (Å²) in [7, 11) is 0. The lowest BCUT2D eigenvalue weighted by Crippen LogP contribution is -2.29. The predicted molar refractivity (Wildman–Crippen MR) is 56.0 cm³/mol. The highest BCUT2D eigenvalue weighted by molar-refractivity contribution is 5.11. The van der Waals surface area contributed by atoms with Gasteiger partial charge in [0.1, 0.15) is 0 Å². The molecule has 2 N–H and O–H groups in total. The fraction of sp³-hybridized carbons (Fsp3) is 0.818. The van der Waals surface area contributed by atoms with Crippen molar-refractivity contribution in [1.29, 1.82) is 0 Å². The van der Waals surface area contributed by atoms with E-state index >= 15 is 0 Å². The monoisotopic (exact) mass is 169 g/mol. The van der Waals surface area contributed by atoms with Gasteiger partial charge in [-0.15, -0.1) is 0 Å². The molecule has 1 nitrogen and oxygen atoms in total. The molecule has 2 unspecified atom stereocenters. The molecule has 2 atom stereocenters. The smallest absolute Gasteiger partial charge is 0.0139 e. The molecule has 12 heavy (non-hydrogen) atoms. The summed E-state index contributed by atoms with van der Waals surface area (Å²) in [6, 6.07) is 0. The lowest BCUT2D eigenvalue weighted by Gasteiger charge is -2.36. The normalized spacial score (nSPS) is 18.4. The first kappa shape index (κ1) is 11.7. The van der Waals surface area contributed by atoms with Crippen molar-refractivity contribution in [3.8, 4) is 0 Å². The number of nitrogens with two attached hydrogens (primary N) is 1. The van der Waals surface area contributed by atoms with Crippen molar-refractivity contribution in [2.24, 2.45) is 17.1 Å². The highest BCUT2D eigenvalue weighted by atomic mass is 14.6. The van der Waals surface area contributed by atoms with Crippen LogP contribution < -0.4 is 5.73 Å². The SMILES string of the molecule is C=C(CN)C(C)(CC)C(C)CC. The minimum absolute atomic E-state index is 0.240. The molecule has 1 heteroatoms. The van der Waals surface area contributed by atoms with Crippen molar-refractivity contribution >= 4 is 0 Å². The van der Waals surface area contributed by atoms with Gasteiger partial charge >= 0.3 is 0 Å². The van der Waals surface area contributed by atoms with Crippen LogP contribution >= 0.6 is 0 Å². The Bertz CT molecular complexity index is 151. The Labute approximate surface area is 77.0 Å². The van der Waals surface area contributed by atoms with E-state index in [4.69, 9.17) is 5.73 Å². The van der Waals surface area contributed by atoms with E-state index in [2.05, 4.69) is 34.3 Å². The molecule has 0 aliphatic rings. The van der Waals surface area contributed by atoms with Crippen molar-refractivity contribution in [3.63, 3.8) is 0 Å². The average Bonchev–Trinajstić information content (AvgIpc) is 2.13. The van der Waals surface area contributed by atoms with Gasteiger partial charge in [0.15, 0.2) is 0 Å². The Kier molecular flexibility index (Phi) is 4.54. The molecular weight excluding hydrogens is 146 g/mol. The van der Waals surface area contributed by atoms with Crippen molar-refractivity contribution < 1.29 is 0 Å². The fourth-order valence-corrected chi connectivity index (χ4v) is 1.63. The molecule has 0 radical (unpaired) electrons. The van der Waals surface area contributed by atoms with Gasteiger partial charge in [-0.05, 0) is 17.8 Å². The third kappa shape index (κ3) is 2.10. The lowest BCUT2D eigenvalue weighted by molar-refractivity contribution is 0.237. The van der Waals surface area contributed by atoms with E-state index in [1.54, 1.807) is 0 Å². The molecule has 0 rings (SSSR count). The molecule has 0 bridgehead atoms. The molecule has 0 spiro atoms. The van der Waals surface area contributed by atoms with Crippen molar-refractivity contribution in [3.05, 3.63) is 12.2 Å². The first-order valence-corrected chi connectivity index (χ1v) is 4.91. The van der Waals surface area contributed by atoms with Gasteiger partial charge in [-0.2, -0.15) is 0 Å². The van der Waals surface area contributed by atoms with Crippen LogP contribution in [0.15, 0.2) is 12.2 Å². The van der Waals surface area contributed by atoms with E-state index in [1.807, 2.05) is 0 Å². The zero-order valence-corrected chi connectivity index (χ0v) is 8.98. The summed E-state index contributed by atoms with van der Waals surface area (Å²) >= 11 is 0. The minimum atomic E-state index is 0.240. The number of hydrogen-bond acceptors (Lipinski definition) is 1. The molecule has 0 aliphatic heterocycles. The van der Waals surface area contributed by atoms with Gasteiger partial charge in [0, 0.05) is 6.54 Å². The van der Waals surface area contributed by atoms with Crippen LogP contribution in [0.3, 0.4) is 0 Å². The van der Waals surface area contributed by atoms with Gasteiger partial charge in [0.2, 0.25) is 0 Å². The summed E-state index contributed by atoms with van der Waals surface area (Å²) in [6.45, 7) is 13.7. The summed E-state index contributed by atoms with van der Waals surface area (Å²) in [5.74, 6) is 0.679. The van der Waals surface area contributed by atoms with Crippen LogP contribution in [0.2, 0.25) is 0 Å². The maximum atomic E-state index is 5.63.